The number of aromatic nitrogens is 3. The smallest absolute Gasteiger partial charge is 0.313 e. The molecule has 2 aromatic heterocycles. The highest BCUT2D eigenvalue weighted by Crippen LogP contribution is 2.30. The van der Waals surface area contributed by atoms with E-state index < -0.39 is 5.97 Å². The fraction of sp³-hybridized carbons (Fsp3) is 0.222. The lowest BCUT2D eigenvalue weighted by Gasteiger charge is -2.09. The van der Waals surface area contributed by atoms with Gasteiger partial charge in [0.05, 0.1) is 38.0 Å². The third-order valence-corrected chi connectivity index (χ3v) is 4.69. The van der Waals surface area contributed by atoms with Crippen molar-refractivity contribution in [2.75, 3.05) is 20.0 Å². The van der Waals surface area contributed by atoms with E-state index in [4.69, 9.17) is 19.0 Å². The van der Waals surface area contributed by atoms with Gasteiger partial charge in [-0.3, -0.25) is 4.79 Å². The van der Waals surface area contributed by atoms with Crippen LogP contribution in [0.5, 0.6) is 11.5 Å². The van der Waals surface area contributed by atoms with Gasteiger partial charge in [-0.1, -0.05) is 17.8 Å². The van der Waals surface area contributed by atoms with Crippen LogP contribution in [0.15, 0.2) is 45.2 Å². The lowest BCUT2D eigenvalue weighted by atomic mass is 10.2. The number of rotatable bonds is 8. The molecule has 0 spiro atoms. The van der Waals surface area contributed by atoms with Gasteiger partial charge in [0.15, 0.2) is 17.3 Å². The highest BCUT2D eigenvalue weighted by molar-refractivity contribution is 7.99. The van der Waals surface area contributed by atoms with Crippen LogP contribution in [0.3, 0.4) is 0 Å². The molecule has 3 aromatic rings. The fourth-order valence-electron chi connectivity index (χ4n) is 2.50. The third kappa shape index (κ3) is 4.01. The lowest BCUT2D eigenvalue weighted by Crippen LogP contribution is -2.02. The topological polar surface area (TPSA) is 112 Å². The number of hydrogen-bond acceptors (Lipinski definition) is 8. The van der Waals surface area contributed by atoms with Crippen molar-refractivity contribution in [2.24, 2.45) is 5.10 Å². The summed E-state index contributed by atoms with van der Waals surface area (Å²) in [5.74, 6) is 1.07. The Morgan fingerprint density at radius 3 is 2.79 bits per heavy atom. The Morgan fingerprint density at radius 1 is 1.32 bits per heavy atom. The number of carboxylic acid groups (broad SMARTS) is 1. The Labute approximate surface area is 165 Å². The number of nitrogens with zero attached hydrogens (tertiary/aromatic N) is 4. The van der Waals surface area contributed by atoms with Crippen molar-refractivity contribution in [2.45, 2.75) is 12.1 Å². The lowest BCUT2D eigenvalue weighted by molar-refractivity contribution is -0.133. The number of benzene rings is 1. The van der Waals surface area contributed by atoms with E-state index in [-0.39, 0.29) is 5.75 Å². The maximum Gasteiger partial charge on any atom is 0.313 e. The van der Waals surface area contributed by atoms with E-state index in [9.17, 15) is 4.79 Å². The molecule has 0 unspecified atom stereocenters. The van der Waals surface area contributed by atoms with E-state index >= 15 is 0 Å². The van der Waals surface area contributed by atoms with E-state index in [1.54, 1.807) is 45.8 Å². The Kier molecular flexibility index (Phi) is 5.99. The minimum absolute atomic E-state index is 0.166. The molecule has 0 aliphatic heterocycles. The molecule has 10 heteroatoms. The van der Waals surface area contributed by atoms with Crippen LogP contribution in [0, 0.1) is 6.92 Å². The van der Waals surface area contributed by atoms with Crippen LogP contribution in [-0.2, 0) is 4.79 Å². The number of ether oxygens (including phenoxy) is 2. The molecule has 0 aliphatic rings. The molecule has 0 amide bonds. The van der Waals surface area contributed by atoms with Gasteiger partial charge >= 0.3 is 5.97 Å². The molecule has 0 bridgehead atoms. The molecule has 0 atom stereocenters. The summed E-state index contributed by atoms with van der Waals surface area (Å²) in [6, 6.07) is 7.17. The quantitative estimate of drug-likeness (QED) is 0.452. The molecule has 1 N–H and O–H groups in total. The van der Waals surface area contributed by atoms with E-state index in [0.717, 1.165) is 11.8 Å². The number of thioether (sulfide) groups is 1. The Balaban J connectivity index is 2.04. The van der Waals surface area contributed by atoms with E-state index in [0.29, 0.717) is 39.4 Å². The van der Waals surface area contributed by atoms with Crippen LogP contribution >= 0.6 is 11.8 Å². The van der Waals surface area contributed by atoms with Crippen molar-refractivity contribution in [3.8, 4) is 22.9 Å². The van der Waals surface area contributed by atoms with Crippen molar-refractivity contribution in [1.29, 1.82) is 0 Å². The van der Waals surface area contributed by atoms with Gasteiger partial charge in [-0.05, 0) is 25.1 Å². The van der Waals surface area contributed by atoms with Crippen molar-refractivity contribution in [3.05, 3.63) is 41.9 Å². The zero-order valence-corrected chi connectivity index (χ0v) is 16.3. The molecular formula is C18H18N4O5S. The van der Waals surface area contributed by atoms with Crippen LogP contribution in [0.4, 0.5) is 0 Å². The molecular weight excluding hydrogens is 384 g/mol. The normalized spacial score (nSPS) is 11.1. The van der Waals surface area contributed by atoms with Crippen molar-refractivity contribution in [1.82, 2.24) is 14.9 Å². The Morgan fingerprint density at radius 2 is 2.14 bits per heavy atom. The first kappa shape index (κ1) is 19.5. The summed E-state index contributed by atoms with van der Waals surface area (Å²) < 4.78 is 17.5. The maximum atomic E-state index is 10.9. The number of carboxylic acids is 1. The minimum Gasteiger partial charge on any atom is -0.493 e. The molecule has 1 aromatic carbocycles. The SMILES string of the molecule is COc1cccc(/C=N\n2c(SCC(=O)O)nnc2-c2ccoc2C)c1OC. The minimum atomic E-state index is -0.959. The van der Waals surface area contributed by atoms with Crippen molar-refractivity contribution < 1.29 is 23.8 Å². The number of para-hydroxylation sites is 1. The Bertz CT molecular complexity index is 1010. The number of hydrogen-bond donors (Lipinski definition) is 1. The van der Waals surface area contributed by atoms with Gasteiger partial charge in [-0.2, -0.15) is 9.78 Å². The molecule has 3 rings (SSSR count). The van der Waals surface area contributed by atoms with Crippen LogP contribution in [0.2, 0.25) is 0 Å². The highest BCUT2D eigenvalue weighted by atomic mass is 32.2. The van der Waals surface area contributed by atoms with E-state index in [1.807, 2.05) is 12.1 Å². The average molecular weight is 402 g/mol. The van der Waals surface area contributed by atoms with Gasteiger partial charge in [-0.15, -0.1) is 10.2 Å². The van der Waals surface area contributed by atoms with Gasteiger partial charge in [0.25, 0.3) is 0 Å². The van der Waals surface area contributed by atoms with E-state index in [1.165, 1.54) is 4.68 Å². The number of furan rings is 1. The fourth-order valence-corrected chi connectivity index (χ4v) is 3.11. The first-order valence-corrected chi connectivity index (χ1v) is 9.13. The van der Waals surface area contributed by atoms with Crippen molar-refractivity contribution in [3.63, 3.8) is 0 Å². The van der Waals surface area contributed by atoms with Crippen LogP contribution in [0.1, 0.15) is 11.3 Å². The molecule has 0 saturated carbocycles. The zero-order valence-electron chi connectivity index (χ0n) is 15.4. The zero-order chi connectivity index (χ0) is 20.1. The second-order valence-electron chi connectivity index (χ2n) is 5.52. The average Bonchev–Trinajstić information content (AvgIpc) is 3.29. The van der Waals surface area contributed by atoms with Gasteiger partial charge in [0.1, 0.15) is 5.76 Å². The molecule has 9 nitrogen and oxygen atoms in total. The van der Waals surface area contributed by atoms with Gasteiger partial charge < -0.3 is 19.0 Å². The summed E-state index contributed by atoms with van der Waals surface area (Å²) in [4.78, 5) is 10.9. The largest absolute Gasteiger partial charge is 0.493 e. The molecule has 0 aliphatic carbocycles. The summed E-state index contributed by atoms with van der Waals surface area (Å²) in [5, 5.41) is 22.0. The molecule has 146 valence electrons. The van der Waals surface area contributed by atoms with Crippen LogP contribution in [-0.4, -0.2) is 52.1 Å². The number of methoxy groups -OCH3 is 2. The van der Waals surface area contributed by atoms with Gasteiger partial charge in [-0.25, -0.2) is 0 Å². The van der Waals surface area contributed by atoms with Crippen LogP contribution in [0.25, 0.3) is 11.4 Å². The first-order chi connectivity index (χ1) is 13.5. The summed E-state index contributed by atoms with van der Waals surface area (Å²) in [5.41, 5.74) is 1.39. The number of aryl methyl sites for hydroxylation is 1. The predicted molar refractivity (Wildman–Crippen MR) is 103 cm³/mol. The standard InChI is InChI=1S/C18H18N4O5S/c1-11-13(7-8-27-11)17-20-21-18(28-10-15(23)24)22(17)19-9-12-5-4-6-14(25-2)16(12)26-3/h4-9H,10H2,1-3H3,(H,23,24)/b19-9-. The molecule has 0 radical (unpaired) electrons. The van der Waals surface area contributed by atoms with Crippen molar-refractivity contribution >= 4 is 23.9 Å². The summed E-state index contributed by atoms with van der Waals surface area (Å²) in [6.45, 7) is 1.80. The van der Waals surface area contributed by atoms with Crippen LogP contribution < -0.4 is 9.47 Å². The maximum absolute atomic E-state index is 10.9. The monoisotopic (exact) mass is 402 g/mol. The molecule has 2 heterocycles. The second-order valence-corrected chi connectivity index (χ2v) is 6.46. The first-order valence-electron chi connectivity index (χ1n) is 8.15. The van der Waals surface area contributed by atoms with E-state index in [2.05, 4.69) is 15.3 Å². The molecule has 28 heavy (non-hydrogen) atoms. The summed E-state index contributed by atoms with van der Waals surface area (Å²) in [7, 11) is 3.10. The second kappa shape index (κ2) is 8.61. The number of carbonyl (C=O) groups is 1. The third-order valence-electron chi connectivity index (χ3n) is 3.78. The van der Waals surface area contributed by atoms with Gasteiger partial charge in [0.2, 0.25) is 5.16 Å². The number of aliphatic carboxylic acids is 1. The van der Waals surface area contributed by atoms with Gasteiger partial charge in [0, 0.05) is 5.56 Å². The highest BCUT2D eigenvalue weighted by Gasteiger charge is 2.18. The molecule has 0 fully saturated rings. The molecule has 0 saturated heterocycles. The summed E-state index contributed by atoms with van der Waals surface area (Å²) in [6.07, 6.45) is 3.12. The predicted octanol–water partition coefficient (Wildman–Crippen LogP) is 2.92. The Hall–Kier alpha value is -3.27. The summed E-state index contributed by atoms with van der Waals surface area (Å²) >= 11 is 1.02.